The summed E-state index contributed by atoms with van der Waals surface area (Å²) in [6, 6.07) is 1.48. The number of carbonyl (C=O) groups excluding carboxylic acids is 4. The van der Waals surface area contributed by atoms with Crippen LogP contribution in [0.1, 0.15) is 109 Å². The zero-order valence-electron chi connectivity index (χ0n) is 31.7. The Bertz CT molecular complexity index is 2030. The Hall–Kier alpha value is -5.03. The molecule has 3 N–H and O–H groups in total. The van der Waals surface area contributed by atoms with Gasteiger partial charge in [-0.2, -0.15) is 0 Å². The number of esters is 1. The highest BCUT2D eigenvalue weighted by molar-refractivity contribution is 5.98. The van der Waals surface area contributed by atoms with E-state index in [0.29, 0.717) is 58.7 Å². The number of benzene rings is 1. The molecule has 0 radical (unpaired) electrons. The van der Waals surface area contributed by atoms with Gasteiger partial charge in [-0.25, -0.2) is 14.6 Å². The molecule has 3 amide bonds. The van der Waals surface area contributed by atoms with Gasteiger partial charge in [-0.05, 0) is 71.9 Å². The Labute approximate surface area is 319 Å². The number of rotatable bonds is 4. The molecule has 1 saturated carbocycles. The van der Waals surface area contributed by atoms with Crippen LogP contribution in [0, 0.1) is 17.8 Å². The molecule has 14 heteroatoms. The van der Waals surface area contributed by atoms with Gasteiger partial charge in [0.2, 0.25) is 24.1 Å². The van der Waals surface area contributed by atoms with Gasteiger partial charge in [-0.3, -0.25) is 9.59 Å². The van der Waals surface area contributed by atoms with Crippen LogP contribution in [-0.4, -0.2) is 87.6 Å². The number of amides is 3. The van der Waals surface area contributed by atoms with E-state index in [0.717, 1.165) is 25.7 Å². The lowest BCUT2D eigenvalue weighted by molar-refractivity contribution is -0.153. The molecule has 55 heavy (non-hydrogen) atoms. The molecular weight excluding hydrogens is 708 g/mol. The normalized spacial score (nSPS) is 29.9. The Morgan fingerprint density at radius 2 is 1.93 bits per heavy atom. The minimum absolute atomic E-state index is 0.0122. The number of hydrogen-bond donors (Lipinski definition) is 3. The summed E-state index contributed by atoms with van der Waals surface area (Å²) < 4.78 is 29.5. The van der Waals surface area contributed by atoms with Gasteiger partial charge < -0.3 is 44.3 Å². The van der Waals surface area contributed by atoms with E-state index in [2.05, 4.69) is 22.5 Å². The molecule has 6 unspecified atom stereocenters. The second-order valence-electron chi connectivity index (χ2n) is 16.4. The van der Waals surface area contributed by atoms with Gasteiger partial charge in [0.05, 0.1) is 41.8 Å². The SMILES string of the molecule is CCOC(=O)C12C#CC1C=CCCCCCC(NC(=O)OC(C)(C)C)C(=O)N1CC3(CC(O)c4c(c(C5CC5)nc5ccc6c(c45)OCO6)O3)CC1C(=O)N2. The van der Waals surface area contributed by atoms with Crippen molar-refractivity contribution < 1.29 is 48.0 Å². The van der Waals surface area contributed by atoms with E-state index in [4.69, 9.17) is 28.7 Å². The largest absolute Gasteiger partial charge is 0.483 e. The fraction of sp³-hybridized carbons (Fsp3) is 0.585. The summed E-state index contributed by atoms with van der Waals surface area (Å²) in [5.41, 5.74) is -1.78. The van der Waals surface area contributed by atoms with Crippen LogP contribution in [0.4, 0.5) is 4.79 Å². The van der Waals surface area contributed by atoms with Crippen LogP contribution in [0.5, 0.6) is 17.2 Å². The highest BCUT2D eigenvalue weighted by atomic mass is 16.7. The molecule has 8 rings (SSSR count). The summed E-state index contributed by atoms with van der Waals surface area (Å²) in [5.74, 6) is 5.04. The Balaban J connectivity index is 1.19. The van der Waals surface area contributed by atoms with Crippen molar-refractivity contribution in [2.75, 3.05) is 19.9 Å². The summed E-state index contributed by atoms with van der Waals surface area (Å²) in [5, 5.41) is 18.4. The standard InChI is InChI=1S/C41H48N4O10/c1-5-51-37(49)41-18-17-24(41)11-9-7-6-8-10-12-26(43-38(50)55-39(2,3)4)36(48)45-21-40(19-27(45)35(47)44-41)20-28(46)31-30-25(15-16-29-33(30)53-22-52-29)42-32(23-13-14-23)34(31)54-40/h9,11,15-16,23-24,26-28,46H,5-8,10,12-14,19-22H2,1-4H3,(H,43,50)(H,44,47). The highest BCUT2D eigenvalue weighted by Gasteiger charge is 2.58. The average Bonchev–Trinajstić information content (AvgIpc) is 3.73. The number of nitrogens with zero attached hydrogens (tertiary/aromatic N) is 2. The fourth-order valence-electron chi connectivity index (χ4n) is 8.43. The van der Waals surface area contributed by atoms with Crippen LogP contribution in [0.15, 0.2) is 24.3 Å². The van der Waals surface area contributed by atoms with E-state index in [1.165, 1.54) is 4.90 Å². The lowest BCUT2D eigenvalue weighted by Crippen LogP contribution is -2.65. The molecule has 2 fully saturated rings. The lowest BCUT2D eigenvalue weighted by atomic mass is 9.76. The zero-order chi connectivity index (χ0) is 38.7. The number of hydrogen-bond acceptors (Lipinski definition) is 11. The summed E-state index contributed by atoms with van der Waals surface area (Å²) in [6.07, 6.45) is 6.99. The Morgan fingerprint density at radius 1 is 1.11 bits per heavy atom. The number of nitrogens with one attached hydrogen (secondary N) is 2. The topological polar surface area (TPSA) is 175 Å². The third kappa shape index (κ3) is 6.81. The van der Waals surface area contributed by atoms with Crippen molar-refractivity contribution in [2.45, 2.75) is 126 Å². The third-order valence-corrected chi connectivity index (χ3v) is 11.2. The molecule has 1 aromatic heterocycles. The number of pyridine rings is 1. The number of ether oxygens (including phenoxy) is 5. The van der Waals surface area contributed by atoms with Gasteiger partial charge in [0.15, 0.2) is 11.5 Å². The van der Waals surface area contributed by atoms with Crippen molar-refractivity contribution in [3.05, 3.63) is 35.5 Å². The molecular formula is C41H48N4O10. The van der Waals surface area contributed by atoms with E-state index in [9.17, 15) is 24.3 Å². The van der Waals surface area contributed by atoms with Crippen LogP contribution in [-0.2, 0) is 23.9 Å². The predicted octanol–water partition coefficient (Wildman–Crippen LogP) is 4.46. The summed E-state index contributed by atoms with van der Waals surface area (Å²) >= 11 is 0. The lowest BCUT2D eigenvalue weighted by Gasteiger charge is -2.39. The number of aromatic nitrogens is 1. The summed E-state index contributed by atoms with van der Waals surface area (Å²) in [4.78, 5) is 62.6. The molecule has 1 spiro atoms. The van der Waals surface area contributed by atoms with E-state index in [-0.39, 0.29) is 38.7 Å². The fourth-order valence-corrected chi connectivity index (χ4v) is 8.43. The number of aliphatic hydroxyl groups excluding tert-OH is 1. The van der Waals surface area contributed by atoms with Crippen LogP contribution < -0.4 is 24.8 Å². The minimum atomic E-state index is -1.65. The van der Waals surface area contributed by atoms with Crippen molar-refractivity contribution >= 4 is 34.8 Å². The number of fused-ring (bicyclic) bond motifs is 7. The molecule has 14 nitrogen and oxygen atoms in total. The second-order valence-corrected chi connectivity index (χ2v) is 16.4. The van der Waals surface area contributed by atoms with Crippen molar-refractivity contribution in [1.29, 1.82) is 0 Å². The van der Waals surface area contributed by atoms with E-state index >= 15 is 0 Å². The number of aliphatic hydroxyl groups is 1. The summed E-state index contributed by atoms with van der Waals surface area (Å²) in [6.45, 7) is 6.95. The van der Waals surface area contributed by atoms with E-state index < -0.39 is 64.7 Å². The maximum Gasteiger partial charge on any atom is 0.408 e. The van der Waals surface area contributed by atoms with E-state index in [1.807, 2.05) is 24.3 Å². The zero-order valence-corrected chi connectivity index (χ0v) is 31.7. The quantitative estimate of drug-likeness (QED) is 0.228. The number of allylic oxidation sites excluding steroid dienone is 1. The van der Waals surface area contributed by atoms with Crippen LogP contribution in [0.25, 0.3) is 10.9 Å². The first-order valence-electron chi connectivity index (χ1n) is 19.4. The van der Waals surface area contributed by atoms with Crippen molar-refractivity contribution in [3.8, 4) is 29.1 Å². The maximum atomic E-state index is 14.8. The Kier molecular flexibility index (Phi) is 9.35. The third-order valence-electron chi connectivity index (χ3n) is 11.2. The second kappa shape index (κ2) is 13.9. The van der Waals surface area contributed by atoms with Gasteiger partial charge >= 0.3 is 12.1 Å². The molecule has 1 aromatic carbocycles. The number of carbonyl (C=O) groups is 4. The van der Waals surface area contributed by atoms with Crippen LogP contribution >= 0.6 is 0 Å². The van der Waals surface area contributed by atoms with Crippen molar-refractivity contribution in [1.82, 2.24) is 20.5 Å². The average molecular weight is 757 g/mol. The Morgan fingerprint density at radius 3 is 2.65 bits per heavy atom. The molecule has 6 aliphatic rings. The molecule has 4 aliphatic heterocycles. The molecule has 292 valence electrons. The minimum Gasteiger partial charge on any atom is -0.483 e. The first-order chi connectivity index (χ1) is 26.3. The van der Waals surface area contributed by atoms with Crippen molar-refractivity contribution in [3.63, 3.8) is 0 Å². The van der Waals surface area contributed by atoms with Crippen molar-refractivity contribution in [2.24, 2.45) is 5.92 Å². The maximum absolute atomic E-state index is 14.8. The van der Waals surface area contributed by atoms with Gasteiger partial charge in [0, 0.05) is 24.3 Å². The van der Waals surface area contributed by atoms with E-state index in [1.54, 1.807) is 27.7 Å². The first kappa shape index (κ1) is 36.9. The predicted molar refractivity (Wildman–Crippen MR) is 197 cm³/mol. The van der Waals surface area contributed by atoms with Gasteiger partial charge in [-0.1, -0.05) is 36.8 Å². The molecule has 2 aromatic rings. The van der Waals surface area contributed by atoms with Gasteiger partial charge in [-0.15, -0.1) is 0 Å². The van der Waals surface area contributed by atoms with Crippen LogP contribution in [0.2, 0.25) is 0 Å². The molecule has 0 bridgehead atoms. The first-order valence-corrected chi connectivity index (χ1v) is 19.4. The monoisotopic (exact) mass is 756 g/mol. The highest BCUT2D eigenvalue weighted by Crippen LogP contribution is 2.56. The molecule has 6 atom stereocenters. The molecule has 2 aliphatic carbocycles. The summed E-state index contributed by atoms with van der Waals surface area (Å²) in [7, 11) is 0. The van der Waals surface area contributed by atoms with Crippen LogP contribution in [0.3, 0.4) is 0 Å². The molecule has 5 heterocycles. The van der Waals surface area contributed by atoms with Gasteiger partial charge in [0.25, 0.3) is 0 Å². The number of alkyl carbamates (subject to hydrolysis) is 1. The van der Waals surface area contributed by atoms with Gasteiger partial charge in [0.1, 0.15) is 29.0 Å². The molecule has 1 saturated heterocycles. The smallest absolute Gasteiger partial charge is 0.408 e.